The molecule has 13 heavy (non-hydrogen) atoms. The van der Waals surface area contributed by atoms with Crippen LogP contribution in [0.2, 0.25) is 0 Å². The maximum Gasteiger partial charge on any atom is 0.320 e. The van der Waals surface area contributed by atoms with Gasteiger partial charge >= 0.3 is 5.97 Å². The lowest BCUT2D eigenvalue weighted by Crippen LogP contribution is -2.37. The van der Waals surface area contributed by atoms with Crippen LogP contribution in [-0.2, 0) is 9.59 Å². The maximum atomic E-state index is 11.1. The minimum absolute atomic E-state index is 0.176. The summed E-state index contributed by atoms with van der Waals surface area (Å²) >= 11 is 0. The van der Waals surface area contributed by atoms with Crippen molar-refractivity contribution in [3.8, 4) is 0 Å². The largest absolute Gasteiger partial charge is 0.480 e. The highest BCUT2D eigenvalue weighted by molar-refractivity contribution is 5.81. The van der Waals surface area contributed by atoms with Crippen molar-refractivity contribution in [2.75, 3.05) is 6.54 Å². The van der Waals surface area contributed by atoms with E-state index in [0.717, 1.165) is 6.42 Å². The summed E-state index contributed by atoms with van der Waals surface area (Å²) in [5.41, 5.74) is 0. The first-order valence-corrected chi connectivity index (χ1v) is 4.66. The molecule has 72 valence electrons. The van der Waals surface area contributed by atoms with Crippen LogP contribution in [0, 0.1) is 11.8 Å². The molecule has 0 aromatic heterocycles. The first-order chi connectivity index (χ1) is 6.18. The van der Waals surface area contributed by atoms with Crippen molar-refractivity contribution in [2.24, 2.45) is 11.8 Å². The fraction of sp³-hybridized carbons (Fsp3) is 0.778. The SMILES string of the molecule is O=C1CC[C@@H]2[C@H](CN[C@H]2C(=O)O)C1. The van der Waals surface area contributed by atoms with Gasteiger partial charge in [-0.3, -0.25) is 9.59 Å². The van der Waals surface area contributed by atoms with Crippen molar-refractivity contribution < 1.29 is 14.7 Å². The number of Topliss-reactive ketones (excluding diaryl/α,β-unsaturated/α-hetero) is 1. The third-order valence-electron chi connectivity index (χ3n) is 3.15. The summed E-state index contributed by atoms with van der Waals surface area (Å²) in [5.74, 6) is -0.0477. The van der Waals surface area contributed by atoms with Gasteiger partial charge in [0, 0.05) is 12.8 Å². The van der Waals surface area contributed by atoms with Gasteiger partial charge in [0.25, 0.3) is 0 Å². The molecule has 0 aromatic carbocycles. The Balaban J connectivity index is 2.08. The number of hydrogen-bond acceptors (Lipinski definition) is 3. The lowest BCUT2D eigenvalue weighted by atomic mass is 9.78. The Hall–Kier alpha value is -0.900. The first kappa shape index (κ1) is 8.69. The number of nitrogens with one attached hydrogen (secondary N) is 1. The summed E-state index contributed by atoms with van der Waals surface area (Å²) < 4.78 is 0. The lowest BCUT2D eigenvalue weighted by molar-refractivity contribution is -0.141. The Kier molecular flexibility index (Phi) is 2.07. The van der Waals surface area contributed by atoms with Crippen LogP contribution in [0.1, 0.15) is 19.3 Å². The fourth-order valence-corrected chi connectivity index (χ4v) is 2.47. The maximum absolute atomic E-state index is 11.1. The van der Waals surface area contributed by atoms with Gasteiger partial charge in [-0.1, -0.05) is 0 Å². The van der Waals surface area contributed by atoms with Crippen LogP contribution in [0.15, 0.2) is 0 Å². The Morgan fingerprint density at radius 1 is 1.54 bits per heavy atom. The summed E-state index contributed by atoms with van der Waals surface area (Å²) in [6.07, 6.45) is 1.88. The van der Waals surface area contributed by atoms with Crippen LogP contribution in [-0.4, -0.2) is 29.4 Å². The molecule has 0 radical (unpaired) electrons. The van der Waals surface area contributed by atoms with Crippen LogP contribution < -0.4 is 5.32 Å². The van der Waals surface area contributed by atoms with E-state index in [4.69, 9.17) is 5.11 Å². The van der Waals surface area contributed by atoms with Gasteiger partial charge in [0.05, 0.1) is 0 Å². The average Bonchev–Trinajstić information content (AvgIpc) is 2.46. The summed E-state index contributed by atoms with van der Waals surface area (Å²) in [5, 5.41) is 11.8. The molecule has 0 spiro atoms. The Morgan fingerprint density at radius 3 is 3.00 bits per heavy atom. The quantitative estimate of drug-likeness (QED) is 0.601. The molecule has 1 saturated heterocycles. The lowest BCUT2D eigenvalue weighted by Gasteiger charge is -2.25. The molecule has 1 heterocycles. The predicted octanol–water partition coefficient (Wildman–Crippen LogP) is 0.0282. The van der Waals surface area contributed by atoms with Crippen LogP contribution >= 0.6 is 0 Å². The van der Waals surface area contributed by atoms with Crippen LogP contribution in [0.3, 0.4) is 0 Å². The molecular formula is C9H13NO3. The zero-order chi connectivity index (χ0) is 9.42. The molecule has 2 rings (SSSR count). The van der Waals surface area contributed by atoms with Gasteiger partial charge in [-0.05, 0) is 24.8 Å². The van der Waals surface area contributed by atoms with Crippen LogP contribution in [0.25, 0.3) is 0 Å². The monoisotopic (exact) mass is 183 g/mol. The number of carbonyl (C=O) groups excluding carboxylic acids is 1. The molecule has 1 aliphatic carbocycles. The van der Waals surface area contributed by atoms with Crippen molar-refractivity contribution in [1.29, 1.82) is 0 Å². The van der Waals surface area contributed by atoms with Crippen molar-refractivity contribution in [3.05, 3.63) is 0 Å². The highest BCUT2D eigenvalue weighted by atomic mass is 16.4. The predicted molar refractivity (Wildman–Crippen MR) is 45.3 cm³/mol. The first-order valence-electron chi connectivity index (χ1n) is 4.66. The summed E-state index contributed by atoms with van der Waals surface area (Å²) in [4.78, 5) is 21.9. The minimum atomic E-state index is -0.776. The molecule has 2 fully saturated rings. The number of fused-ring (bicyclic) bond motifs is 1. The molecule has 0 bridgehead atoms. The third kappa shape index (κ3) is 1.46. The molecular weight excluding hydrogens is 170 g/mol. The number of ketones is 1. The van der Waals surface area contributed by atoms with Gasteiger partial charge in [-0.15, -0.1) is 0 Å². The van der Waals surface area contributed by atoms with E-state index in [9.17, 15) is 9.59 Å². The smallest absolute Gasteiger partial charge is 0.320 e. The van der Waals surface area contributed by atoms with Crippen LogP contribution in [0.4, 0.5) is 0 Å². The van der Waals surface area contributed by atoms with E-state index < -0.39 is 12.0 Å². The van der Waals surface area contributed by atoms with Gasteiger partial charge in [0.1, 0.15) is 11.8 Å². The third-order valence-corrected chi connectivity index (χ3v) is 3.15. The summed E-state index contributed by atoms with van der Waals surface area (Å²) in [7, 11) is 0. The second-order valence-electron chi connectivity index (χ2n) is 3.93. The zero-order valence-electron chi connectivity index (χ0n) is 7.32. The number of carboxylic acids is 1. The standard InChI is InChI=1S/C9H13NO3/c11-6-1-2-7-5(3-6)4-10-8(7)9(12)13/h5,7-8,10H,1-4H2,(H,12,13)/t5-,7+,8+/m0/s1. The summed E-state index contributed by atoms with van der Waals surface area (Å²) in [6, 6.07) is -0.418. The molecule has 3 atom stereocenters. The number of aliphatic carboxylic acids is 1. The van der Waals surface area contributed by atoms with E-state index in [1.165, 1.54) is 0 Å². The van der Waals surface area contributed by atoms with Gasteiger partial charge in [0.2, 0.25) is 0 Å². The van der Waals surface area contributed by atoms with Crippen molar-refractivity contribution in [1.82, 2.24) is 5.32 Å². The van der Waals surface area contributed by atoms with E-state index in [0.29, 0.717) is 19.4 Å². The second-order valence-corrected chi connectivity index (χ2v) is 3.93. The van der Waals surface area contributed by atoms with Crippen molar-refractivity contribution in [3.63, 3.8) is 0 Å². The van der Waals surface area contributed by atoms with E-state index in [2.05, 4.69) is 5.32 Å². The average molecular weight is 183 g/mol. The Morgan fingerprint density at radius 2 is 2.31 bits per heavy atom. The molecule has 0 aromatic rings. The van der Waals surface area contributed by atoms with Gasteiger partial charge in [-0.2, -0.15) is 0 Å². The topological polar surface area (TPSA) is 66.4 Å². The molecule has 1 aliphatic heterocycles. The van der Waals surface area contributed by atoms with Gasteiger partial charge in [0.15, 0.2) is 0 Å². The van der Waals surface area contributed by atoms with Crippen LogP contribution in [0.5, 0.6) is 0 Å². The molecule has 4 nitrogen and oxygen atoms in total. The Bertz CT molecular complexity index is 251. The van der Waals surface area contributed by atoms with Gasteiger partial charge in [-0.25, -0.2) is 0 Å². The Labute approximate surface area is 76.3 Å². The number of carboxylic acid groups (broad SMARTS) is 1. The van der Waals surface area contributed by atoms with Crippen molar-refractivity contribution in [2.45, 2.75) is 25.3 Å². The van der Waals surface area contributed by atoms with Crippen molar-refractivity contribution >= 4 is 11.8 Å². The summed E-state index contributed by atoms with van der Waals surface area (Å²) in [6.45, 7) is 0.688. The molecule has 2 N–H and O–H groups in total. The molecule has 1 saturated carbocycles. The van der Waals surface area contributed by atoms with E-state index in [-0.39, 0.29) is 17.6 Å². The van der Waals surface area contributed by atoms with E-state index in [1.807, 2.05) is 0 Å². The fourth-order valence-electron chi connectivity index (χ4n) is 2.47. The molecule has 2 aliphatic rings. The highest BCUT2D eigenvalue weighted by Gasteiger charge is 2.42. The highest BCUT2D eigenvalue weighted by Crippen LogP contribution is 2.34. The van der Waals surface area contributed by atoms with E-state index >= 15 is 0 Å². The number of carbonyl (C=O) groups is 2. The van der Waals surface area contributed by atoms with Gasteiger partial charge < -0.3 is 10.4 Å². The molecule has 0 unspecified atom stereocenters. The van der Waals surface area contributed by atoms with E-state index in [1.54, 1.807) is 0 Å². The number of hydrogen-bond donors (Lipinski definition) is 2. The zero-order valence-corrected chi connectivity index (χ0v) is 7.32. The minimum Gasteiger partial charge on any atom is -0.480 e. The normalized spacial score (nSPS) is 38.8. The molecule has 0 amide bonds. The molecule has 4 heteroatoms. The second kappa shape index (κ2) is 3.10. The number of rotatable bonds is 1.